The van der Waals surface area contributed by atoms with E-state index in [0.717, 1.165) is 29.3 Å². The maximum absolute atomic E-state index is 6.27. The van der Waals surface area contributed by atoms with Gasteiger partial charge in [-0.25, -0.2) is 4.98 Å². The lowest BCUT2D eigenvalue weighted by atomic mass is 10.1. The third-order valence-electron chi connectivity index (χ3n) is 3.94. The van der Waals surface area contributed by atoms with Gasteiger partial charge in [-0.3, -0.25) is 14.3 Å². The molecule has 1 atom stereocenters. The number of imidazole rings is 1. The van der Waals surface area contributed by atoms with Crippen LogP contribution in [0.2, 0.25) is 5.15 Å². The number of aryl methyl sites for hydroxylation is 1. The van der Waals surface area contributed by atoms with Gasteiger partial charge in [0.2, 0.25) is 0 Å². The zero-order valence-electron chi connectivity index (χ0n) is 13.0. The van der Waals surface area contributed by atoms with Gasteiger partial charge in [-0.05, 0) is 38.6 Å². The summed E-state index contributed by atoms with van der Waals surface area (Å²) in [5, 5.41) is 2.63. The summed E-state index contributed by atoms with van der Waals surface area (Å²) in [6, 6.07) is 4.54. The number of aromatic nitrogens is 3. The van der Waals surface area contributed by atoms with Gasteiger partial charge in [0.1, 0.15) is 0 Å². The van der Waals surface area contributed by atoms with Crippen molar-refractivity contribution >= 4 is 27.9 Å². The van der Waals surface area contributed by atoms with E-state index in [2.05, 4.69) is 46.2 Å². The Morgan fingerprint density at radius 2 is 2.27 bits per heavy atom. The molecule has 6 heteroatoms. The third-order valence-corrected chi connectivity index (χ3v) is 5.00. The van der Waals surface area contributed by atoms with Gasteiger partial charge in [0.05, 0.1) is 5.69 Å². The highest BCUT2D eigenvalue weighted by Crippen LogP contribution is 2.23. The monoisotopic (exact) mass is 334 g/mol. The molecule has 22 heavy (non-hydrogen) atoms. The Balaban J connectivity index is 1.72. The van der Waals surface area contributed by atoms with E-state index in [-0.39, 0.29) is 0 Å². The molecule has 3 rings (SSSR count). The van der Waals surface area contributed by atoms with Crippen LogP contribution in [0, 0.1) is 6.92 Å². The van der Waals surface area contributed by atoms with E-state index in [1.54, 1.807) is 11.3 Å². The first kappa shape index (κ1) is 15.5. The summed E-state index contributed by atoms with van der Waals surface area (Å²) in [7, 11) is 2.11. The lowest BCUT2D eigenvalue weighted by Gasteiger charge is -2.24. The summed E-state index contributed by atoms with van der Waals surface area (Å²) in [5.74, 6) is 0. The zero-order chi connectivity index (χ0) is 15.7. The minimum Gasteiger partial charge on any atom is -0.297 e. The van der Waals surface area contributed by atoms with Crippen LogP contribution in [-0.2, 0) is 13.0 Å². The Bertz CT molecular complexity index is 779. The Labute approximate surface area is 139 Å². The summed E-state index contributed by atoms with van der Waals surface area (Å²) >= 11 is 7.88. The van der Waals surface area contributed by atoms with E-state index in [4.69, 9.17) is 11.6 Å². The molecule has 0 amide bonds. The van der Waals surface area contributed by atoms with Crippen LogP contribution in [-0.4, -0.2) is 32.4 Å². The van der Waals surface area contributed by atoms with Crippen molar-refractivity contribution in [3.05, 3.63) is 52.0 Å². The molecule has 116 valence electrons. The van der Waals surface area contributed by atoms with Crippen LogP contribution >= 0.6 is 22.9 Å². The molecule has 0 aliphatic carbocycles. The third kappa shape index (κ3) is 3.16. The lowest BCUT2D eigenvalue weighted by Crippen LogP contribution is -2.31. The Kier molecular flexibility index (Phi) is 4.47. The number of rotatable bonds is 5. The summed E-state index contributed by atoms with van der Waals surface area (Å²) < 4.78 is 2.07. The Morgan fingerprint density at radius 1 is 1.45 bits per heavy atom. The number of thiazole rings is 1. The van der Waals surface area contributed by atoms with Crippen LogP contribution in [0.25, 0.3) is 4.96 Å². The number of nitrogens with zero attached hydrogens (tertiary/aromatic N) is 4. The molecule has 0 N–H and O–H groups in total. The van der Waals surface area contributed by atoms with Gasteiger partial charge < -0.3 is 0 Å². The topological polar surface area (TPSA) is 33.4 Å². The molecule has 0 aliphatic rings. The first-order valence-electron chi connectivity index (χ1n) is 7.26. The zero-order valence-corrected chi connectivity index (χ0v) is 14.5. The fourth-order valence-electron chi connectivity index (χ4n) is 2.51. The van der Waals surface area contributed by atoms with Crippen molar-refractivity contribution in [2.45, 2.75) is 32.9 Å². The maximum Gasteiger partial charge on any atom is 0.195 e. The maximum atomic E-state index is 6.27. The van der Waals surface area contributed by atoms with Gasteiger partial charge >= 0.3 is 0 Å². The fourth-order valence-corrected chi connectivity index (χ4v) is 3.52. The van der Waals surface area contributed by atoms with Crippen LogP contribution in [0.3, 0.4) is 0 Å². The summed E-state index contributed by atoms with van der Waals surface area (Å²) in [5.41, 5.74) is 3.42. The van der Waals surface area contributed by atoms with Crippen molar-refractivity contribution in [2.24, 2.45) is 0 Å². The second-order valence-electron chi connectivity index (χ2n) is 5.70. The van der Waals surface area contributed by atoms with Crippen LogP contribution in [0.5, 0.6) is 0 Å². The normalized spacial score (nSPS) is 13.1. The molecule has 4 nitrogen and oxygen atoms in total. The molecule has 3 aromatic heterocycles. The smallest absolute Gasteiger partial charge is 0.195 e. The second kappa shape index (κ2) is 6.36. The van der Waals surface area contributed by atoms with E-state index >= 15 is 0 Å². The van der Waals surface area contributed by atoms with Gasteiger partial charge in [-0.1, -0.05) is 11.6 Å². The van der Waals surface area contributed by atoms with Crippen molar-refractivity contribution < 1.29 is 0 Å². The van der Waals surface area contributed by atoms with E-state index in [1.165, 1.54) is 5.56 Å². The van der Waals surface area contributed by atoms with Crippen molar-refractivity contribution in [2.75, 3.05) is 7.05 Å². The van der Waals surface area contributed by atoms with Crippen molar-refractivity contribution in [1.82, 2.24) is 19.3 Å². The first-order valence-corrected chi connectivity index (χ1v) is 8.52. The van der Waals surface area contributed by atoms with E-state index < -0.39 is 0 Å². The average Bonchev–Trinajstić information content (AvgIpc) is 3.02. The van der Waals surface area contributed by atoms with E-state index in [0.29, 0.717) is 11.2 Å². The molecule has 0 bridgehead atoms. The first-order chi connectivity index (χ1) is 10.5. The van der Waals surface area contributed by atoms with Gasteiger partial charge in [-0.15, -0.1) is 11.3 Å². The van der Waals surface area contributed by atoms with Gasteiger partial charge in [0.15, 0.2) is 10.1 Å². The van der Waals surface area contributed by atoms with Crippen molar-refractivity contribution in [1.29, 1.82) is 0 Å². The molecular weight excluding hydrogens is 316 g/mol. The number of fused-ring (bicyclic) bond motifs is 1. The quantitative estimate of drug-likeness (QED) is 0.711. The molecule has 0 radical (unpaired) electrons. The van der Waals surface area contributed by atoms with Crippen LogP contribution in [0.15, 0.2) is 29.9 Å². The Morgan fingerprint density at radius 3 is 3.05 bits per heavy atom. The average molecular weight is 335 g/mol. The molecule has 3 aromatic rings. The van der Waals surface area contributed by atoms with Gasteiger partial charge in [0.25, 0.3) is 0 Å². The van der Waals surface area contributed by atoms with Crippen molar-refractivity contribution in [3.63, 3.8) is 0 Å². The minimum absolute atomic E-state index is 0.370. The highest BCUT2D eigenvalue weighted by Gasteiger charge is 2.17. The summed E-state index contributed by atoms with van der Waals surface area (Å²) in [6.07, 6.45) is 4.82. The molecule has 0 saturated heterocycles. The van der Waals surface area contributed by atoms with E-state index in [1.807, 2.05) is 23.8 Å². The highest BCUT2D eigenvalue weighted by atomic mass is 35.5. The minimum atomic E-state index is 0.370. The largest absolute Gasteiger partial charge is 0.297 e. The number of pyridine rings is 1. The molecule has 3 heterocycles. The predicted octanol–water partition coefficient (Wildman–Crippen LogP) is 3.82. The number of halogens is 1. The standard InChI is InChI=1S/C16H19ClN4S/c1-11-4-5-18-13(8-11)9-12(2)20(3)10-14-15(17)19-16-21(14)6-7-22-16/h4-8,12H,9-10H2,1-3H3. The highest BCUT2D eigenvalue weighted by molar-refractivity contribution is 7.15. The van der Waals surface area contributed by atoms with Crippen LogP contribution in [0.4, 0.5) is 0 Å². The van der Waals surface area contributed by atoms with Crippen LogP contribution in [0.1, 0.15) is 23.9 Å². The van der Waals surface area contributed by atoms with Crippen LogP contribution < -0.4 is 0 Å². The summed E-state index contributed by atoms with van der Waals surface area (Å²) in [6.45, 7) is 5.08. The molecule has 0 spiro atoms. The SMILES string of the molecule is Cc1ccnc(CC(C)N(C)Cc2c(Cl)nc3sccn23)c1. The molecule has 0 aromatic carbocycles. The number of hydrogen-bond acceptors (Lipinski definition) is 4. The van der Waals surface area contributed by atoms with E-state index in [9.17, 15) is 0 Å². The molecule has 1 unspecified atom stereocenters. The molecule has 0 aliphatic heterocycles. The van der Waals surface area contributed by atoms with Gasteiger partial charge in [-0.2, -0.15) is 0 Å². The fraction of sp³-hybridized carbons (Fsp3) is 0.375. The predicted molar refractivity (Wildman–Crippen MR) is 91.7 cm³/mol. The molecule has 0 saturated carbocycles. The second-order valence-corrected chi connectivity index (χ2v) is 6.93. The molecular formula is C16H19ClN4S. The van der Waals surface area contributed by atoms with Gasteiger partial charge in [0, 0.05) is 42.5 Å². The lowest BCUT2D eigenvalue weighted by molar-refractivity contribution is 0.243. The van der Waals surface area contributed by atoms with Crippen molar-refractivity contribution in [3.8, 4) is 0 Å². The number of hydrogen-bond donors (Lipinski definition) is 0. The Hall–Kier alpha value is -1.43. The number of likely N-dealkylation sites (N-methyl/N-ethyl adjacent to an activating group) is 1. The molecule has 0 fully saturated rings. The summed E-state index contributed by atoms with van der Waals surface area (Å²) in [4.78, 5) is 12.1.